The van der Waals surface area contributed by atoms with Crippen LogP contribution in [0.5, 0.6) is 0 Å². The van der Waals surface area contributed by atoms with Gasteiger partial charge in [-0.25, -0.2) is 9.59 Å². The van der Waals surface area contributed by atoms with Crippen molar-refractivity contribution in [1.82, 2.24) is 0 Å². The zero-order chi connectivity index (χ0) is 9.98. The van der Waals surface area contributed by atoms with E-state index in [1.54, 1.807) is 6.92 Å². The number of rotatable bonds is 3. The number of hydrogen-bond acceptors (Lipinski definition) is 3. The van der Waals surface area contributed by atoms with E-state index in [0.29, 0.717) is 0 Å². The maximum absolute atomic E-state index is 10.4. The molecule has 0 unspecified atom stereocenters. The molecule has 0 fully saturated rings. The van der Waals surface area contributed by atoms with Gasteiger partial charge in [0.2, 0.25) is 0 Å². The molecule has 12 heavy (non-hydrogen) atoms. The summed E-state index contributed by atoms with van der Waals surface area (Å²) in [4.78, 5) is 20.2. The van der Waals surface area contributed by atoms with Crippen LogP contribution in [-0.4, -0.2) is 23.7 Å². The lowest BCUT2D eigenvalue weighted by Crippen LogP contribution is -2.00. The van der Waals surface area contributed by atoms with Crippen LogP contribution in [0.1, 0.15) is 6.92 Å². The minimum Gasteiger partial charge on any atom is -0.478 e. The van der Waals surface area contributed by atoms with Gasteiger partial charge in [-0.05, 0) is 6.92 Å². The normalized spacial score (nSPS) is 8.42. The quantitative estimate of drug-likeness (QED) is 0.391. The molecule has 0 aromatic heterocycles. The number of aliphatic carboxylic acids is 1. The topological polar surface area (TPSA) is 63.6 Å². The molecule has 68 valence electrons. The van der Waals surface area contributed by atoms with Crippen LogP contribution in [-0.2, 0) is 14.3 Å². The van der Waals surface area contributed by atoms with Crippen LogP contribution in [0.25, 0.3) is 0 Å². The van der Waals surface area contributed by atoms with Crippen LogP contribution in [0.3, 0.4) is 0 Å². The first-order chi connectivity index (χ1) is 5.66. The second kappa shape index (κ2) is 9.42. The Morgan fingerprint density at radius 1 is 1.42 bits per heavy atom. The summed E-state index contributed by atoms with van der Waals surface area (Å²) >= 11 is 0. The van der Waals surface area contributed by atoms with Crippen LogP contribution in [0.4, 0.5) is 0 Å². The van der Waals surface area contributed by atoms with Gasteiger partial charge in [-0.3, -0.25) is 0 Å². The minimum atomic E-state index is -1.16. The highest BCUT2D eigenvalue weighted by atomic mass is 16.5. The van der Waals surface area contributed by atoms with E-state index in [-0.39, 0.29) is 6.61 Å². The van der Waals surface area contributed by atoms with Gasteiger partial charge in [0.15, 0.2) is 0 Å². The molecular formula is C8H12O4. The van der Waals surface area contributed by atoms with Crippen molar-refractivity contribution in [3.05, 3.63) is 25.3 Å². The molecule has 0 atom stereocenters. The summed E-state index contributed by atoms with van der Waals surface area (Å²) in [7, 11) is 0. The Morgan fingerprint density at radius 2 is 1.92 bits per heavy atom. The predicted octanol–water partition coefficient (Wildman–Crippen LogP) is 0.992. The average Bonchev–Trinajstić information content (AvgIpc) is 2.05. The molecule has 0 aliphatic rings. The SMILES string of the molecule is C=C.CCOC(=O)/C=C\C(=O)O. The molecule has 0 bridgehead atoms. The van der Waals surface area contributed by atoms with Gasteiger partial charge >= 0.3 is 11.9 Å². The van der Waals surface area contributed by atoms with Gasteiger partial charge in [0, 0.05) is 12.2 Å². The fourth-order valence-electron chi connectivity index (χ4n) is 0.330. The summed E-state index contributed by atoms with van der Waals surface area (Å²) in [5.41, 5.74) is 0. The number of carboxylic acid groups (broad SMARTS) is 1. The molecule has 0 aromatic carbocycles. The molecule has 0 aliphatic heterocycles. The highest BCUT2D eigenvalue weighted by Crippen LogP contribution is 1.80. The number of esters is 1. The molecule has 0 radical (unpaired) electrons. The summed E-state index contributed by atoms with van der Waals surface area (Å²) in [6.45, 7) is 7.90. The zero-order valence-electron chi connectivity index (χ0n) is 6.95. The van der Waals surface area contributed by atoms with E-state index in [9.17, 15) is 9.59 Å². The molecule has 0 saturated carbocycles. The van der Waals surface area contributed by atoms with Crippen molar-refractivity contribution in [3.63, 3.8) is 0 Å². The van der Waals surface area contributed by atoms with E-state index in [2.05, 4.69) is 17.9 Å². The van der Waals surface area contributed by atoms with Crippen molar-refractivity contribution in [1.29, 1.82) is 0 Å². The lowest BCUT2D eigenvalue weighted by molar-refractivity contribution is -0.138. The Labute approximate surface area is 71.2 Å². The predicted molar refractivity (Wildman–Crippen MR) is 44.7 cm³/mol. The highest BCUT2D eigenvalue weighted by molar-refractivity contribution is 5.90. The molecule has 0 heterocycles. The second-order valence-corrected chi connectivity index (χ2v) is 1.42. The van der Waals surface area contributed by atoms with Crippen LogP contribution >= 0.6 is 0 Å². The Balaban J connectivity index is 0. The monoisotopic (exact) mass is 172 g/mol. The van der Waals surface area contributed by atoms with E-state index >= 15 is 0 Å². The largest absolute Gasteiger partial charge is 0.478 e. The molecule has 0 rings (SSSR count). The third kappa shape index (κ3) is 11.2. The molecule has 0 aromatic rings. The standard InChI is InChI=1S/C6H8O4.C2H4/c1-2-10-6(9)4-3-5(7)8;1-2/h3-4H,2H2,1H3,(H,7,8);1-2H2/b4-3-;. The maximum atomic E-state index is 10.4. The molecule has 4 nitrogen and oxygen atoms in total. The first-order valence-electron chi connectivity index (χ1n) is 3.24. The fourth-order valence-corrected chi connectivity index (χ4v) is 0.330. The van der Waals surface area contributed by atoms with Gasteiger partial charge in [-0.2, -0.15) is 0 Å². The Hall–Kier alpha value is -1.58. The molecule has 0 spiro atoms. The van der Waals surface area contributed by atoms with Crippen molar-refractivity contribution < 1.29 is 19.4 Å². The molecule has 0 saturated heterocycles. The van der Waals surface area contributed by atoms with Crippen molar-refractivity contribution in [3.8, 4) is 0 Å². The number of carbonyl (C=O) groups excluding carboxylic acids is 1. The average molecular weight is 172 g/mol. The molecular weight excluding hydrogens is 160 g/mol. The van der Waals surface area contributed by atoms with E-state index in [0.717, 1.165) is 12.2 Å². The molecule has 4 heteroatoms. The Kier molecular flexibility index (Phi) is 10.2. The summed E-state index contributed by atoms with van der Waals surface area (Å²) in [5, 5.41) is 8.04. The summed E-state index contributed by atoms with van der Waals surface area (Å²) in [6.07, 6.45) is 1.60. The second-order valence-electron chi connectivity index (χ2n) is 1.42. The number of ether oxygens (including phenoxy) is 1. The van der Waals surface area contributed by atoms with Crippen molar-refractivity contribution in [2.45, 2.75) is 6.92 Å². The van der Waals surface area contributed by atoms with Crippen molar-refractivity contribution in [2.24, 2.45) is 0 Å². The Bertz CT molecular complexity index is 172. The van der Waals surface area contributed by atoms with Crippen LogP contribution in [0.15, 0.2) is 25.3 Å². The van der Waals surface area contributed by atoms with Gasteiger partial charge in [-0.1, -0.05) is 0 Å². The van der Waals surface area contributed by atoms with Gasteiger partial charge in [0.1, 0.15) is 0 Å². The minimum absolute atomic E-state index is 0.253. The van der Waals surface area contributed by atoms with Crippen LogP contribution in [0.2, 0.25) is 0 Å². The van der Waals surface area contributed by atoms with Gasteiger partial charge < -0.3 is 9.84 Å². The van der Waals surface area contributed by atoms with E-state index in [4.69, 9.17) is 5.11 Å². The third-order valence-corrected chi connectivity index (χ3v) is 0.649. The third-order valence-electron chi connectivity index (χ3n) is 0.649. The van der Waals surface area contributed by atoms with Gasteiger partial charge in [0.25, 0.3) is 0 Å². The van der Waals surface area contributed by atoms with Crippen molar-refractivity contribution in [2.75, 3.05) is 6.61 Å². The smallest absolute Gasteiger partial charge is 0.330 e. The lowest BCUT2D eigenvalue weighted by atomic mass is 10.5. The molecule has 0 aliphatic carbocycles. The van der Waals surface area contributed by atoms with E-state index in [1.165, 1.54) is 0 Å². The van der Waals surface area contributed by atoms with Crippen LogP contribution in [0, 0.1) is 0 Å². The first-order valence-corrected chi connectivity index (χ1v) is 3.24. The van der Waals surface area contributed by atoms with Crippen molar-refractivity contribution >= 4 is 11.9 Å². The number of carboxylic acids is 1. The van der Waals surface area contributed by atoms with Gasteiger partial charge in [-0.15, -0.1) is 13.2 Å². The van der Waals surface area contributed by atoms with Gasteiger partial charge in [0.05, 0.1) is 6.61 Å². The number of hydrogen-bond donors (Lipinski definition) is 1. The highest BCUT2D eigenvalue weighted by Gasteiger charge is 1.94. The Morgan fingerprint density at radius 3 is 2.25 bits per heavy atom. The fraction of sp³-hybridized carbons (Fsp3) is 0.250. The lowest BCUT2D eigenvalue weighted by Gasteiger charge is -1.92. The zero-order valence-corrected chi connectivity index (χ0v) is 6.95. The summed E-state index contributed by atoms with van der Waals surface area (Å²) in [6, 6.07) is 0. The summed E-state index contributed by atoms with van der Waals surface area (Å²) < 4.78 is 4.40. The van der Waals surface area contributed by atoms with E-state index in [1.807, 2.05) is 0 Å². The molecule has 0 amide bonds. The van der Waals surface area contributed by atoms with E-state index < -0.39 is 11.9 Å². The maximum Gasteiger partial charge on any atom is 0.330 e. The van der Waals surface area contributed by atoms with Crippen LogP contribution < -0.4 is 0 Å². The first kappa shape index (κ1) is 13.0. The summed E-state index contributed by atoms with van der Waals surface area (Å²) in [5.74, 6) is -1.79. The number of carbonyl (C=O) groups is 2. The molecule has 1 N–H and O–H groups in total.